The number of anilines is 1. The molecule has 1 aliphatic heterocycles. The van der Waals surface area contributed by atoms with Gasteiger partial charge in [-0.1, -0.05) is 35.0 Å². The minimum Gasteiger partial charge on any atom is -0.379 e. The van der Waals surface area contributed by atoms with Crippen molar-refractivity contribution in [2.75, 3.05) is 11.1 Å². The molecule has 25 heavy (non-hydrogen) atoms. The van der Waals surface area contributed by atoms with Gasteiger partial charge >= 0.3 is 0 Å². The maximum Gasteiger partial charge on any atom is 0.274 e. The molecule has 1 unspecified atom stereocenters. The number of carbonyl (C=O) groups excluding carboxylic acids is 1. The molecule has 1 aliphatic rings. The third kappa shape index (κ3) is 4.08. The molecule has 8 heteroatoms. The molecule has 0 saturated carbocycles. The number of nitrogens with one attached hydrogen (secondary N) is 1. The van der Waals surface area contributed by atoms with Crippen LogP contribution in [-0.2, 0) is 5.54 Å². The topological polar surface area (TPSA) is 80.4 Å². The average Bonchev–Trinajstić information content (AvgIpc) is 2.57. The zero-order valence-corrected chi connectivity index (χ0v) is 15.8. The first kappa shape index (κ1) is 18.0. The lowest BCUT2D eigenvalue weighted by Gasteiger charge is -2.30. The van der Waals surface area contributed by atoms with Gasteiger partial charge in [0.25, 0.3) is 5.91 Å². The zero-order valence-electron chi connectivity index (χ0n) is 13.4. The van der Waals surface area contributed by atoms with Gasteiger partial charge < -0.3 is 11.1 Å². The second kappa shape index (κ2) is 7.23. The molecule has 2 aromatic rings. The largest absolute Gasteiger partial charge is 0.379 e. The molecular formula is C17H16Cl2N4OS. The van der Waals surface area contributed by atoms with Gasteiger partial charge in [0.1, 0.15) is 5.69 Å². The van der Waals surface area contributed by atoms with E-state index in [1.807, 2.05) is 13.0 Å². The van der Waals surface area contributed by atoms with Crippen molar-refractivity contribution < 1.29 is 4.79 Å². The second-order valence-electron chi connectivity index (χ2n) is 5.83. The number of rotatable bonds is 3. The molecule has 0 aliphatic carbocycles. The lowest BCUT2D eigenvalue weighted by atomic mass is 9.89. The van der Waals surface area contributed by atoms with Gasteiger partial charge in [-0.2, -0.15) is 0 Å². The normalized spacial score (nSPS) is 20.0. The minimum absolute atomic E-state index is 0.281. The summed E-state index contributed by atoms with van der Waals surface area (Å²) in [6, 6.07) is 8.52. The van der Waals surface area contributed by atoms with Crippen LogP contribution in [0.2, 0.25) is 10.0 Å². The highest BCUT2D eigenvalue weighted by atomic mass is 35.5. The molecule has 0 saturated heterocycles. The first-order valence-corrected chi connectivity index (χ1v) is 9.33. The van der Waals surface area contributed by atoms with Crippen molar-refractivity contribution in [1.29, 1.82) is 0 Å². The van der Waals surface area contributed by atoms with E-state index in [9.17, 15) is 4.79 Å². The number of hydrogen-bond donors (Lipinski definition) is 2. The van der Waals surface area contributed by atoms with Gasteiger partial charge in [0.15, 0.2) is 5.17 Å². The van der Waals surface area contributed by atoms with Crippen LogP contribution in [-0.4, -0.2) is 21.8 Å². The Bertz CT molecular complexity index is 841. The zero-order chi connectivity index (χ0) is 18.0. The highest BCUT2D eigenvalue weighted by molar-refractivity contribution is 8.13. The first-order chi connectivity index (χ1) is 11.9. The SMILES string of the molecule is CC1(c2cc(NC(=O)c3ccc(Cl)cn3)ccc2Cl)CCSC(N)=N1. The van der Waals surface area contributed by atoms with Crippen LogP contribution in [0.25, 0.3) is 0 Å². The van der Waals surface area contributed by atoms with E-state index >= 15 is 0 Å². The summed E-state index contributed by atoms with van der Waals surface area (Å²) in [6.07, 6.45) is 2.25. The van der Waals surface area contributed by atoms with Crippen molar-refractivity contribution in [1.82, 2.24) is 4.98 Å². The monoisotopic (exact) mass is 394 g/mol. The van der Waals surface area contributed by atoms with Crippen LogP contribution in [0.1, 0.15) is 29.4 Å². The summed E-state index contributed by atoms with van der Waals surface area (Å²) in [5.74, 6) is 0.547. The molecule has 3 rings (SSSR count). The van der Waals surface area contributed by atoms with E-state index in [2.05, 4.69) is 15.3 Å². The average molecular weight is 395 g/mol. The van der Waals surface area contributed by atoms with E-state index in [1.165, 1.54) is 18.0 Å². The molecule has 0 bridgehead atoms. The molecular weight excluding hydrogens is 379 g/mol. The van der Waals surface area contributed by atoms with Gasteiger partial charge in [-0.15, -0.1) is 0 Å². The van der Waals surface area contributed by atoms with Crippen LogP contribution < -0.4 is 11.1 Å². The number of amidine groups is 1. The molecule has 1 aromatic heterocycles. The molecule has 1 atom stereocenters. The van der Waals surface area contributed by atoms with E-state index in [1.54, 1.807) is 24.3 Å². The van der Waals surface area contributed by atoms with Crippen LogP contribution >= 0.6 is 35.0 Å². The highest BCUT2D eigenvalue weighted by Crippen LogP contribution is 2.39. The quantitative estimate of drug-likeness (QED) is 0.812. The Hall–Kier alpha value is -1.76. The van der Waals surface area contributed by atoms with Crippen LogP contribution in [0.5, 0.6) is 0 Å². The molecule has 0 radical (unpaired) electrons. The summed E-state index contributed by atoms with van der Waals surface area (Å²) >= 11 is 13.7. The maximum atomic E-state index is 12.3. The van der Waals surface area contributed by atoms with Gasteiger partial charge in [0, 0.05) is 28.2 Å². The van der Waals surface area contributed by atoms with E-state index in [-0.39, 0.29) is 11.6 Å². The number of nitrogens with zero attached hydrogens (tertiary/aromatic N) is 2. The predicted molar refractivity (Wildman–Crippen MR) is 105 cm³/mol. The number of carbonyl (C=O) groups is 1. The van der Waals surface area contributed by atoms with Crippen molar-refractivity contribution >= 4 is 51.7 Å². The summed E-state index contributed by atoms with van der Waals surface area (Å²) in [4.78, 5) is 20.9. The number of amides is 1. The van der Waals surface area contributed by atoms with E-state index in [0.717, 1.165) is 17.7 Å². The number of halogens is 2. The van der Waals surface area contributed by atoms with Crippen LogP contribution in [0.3, 0.4) is 0 Å². The van der Waals surface area contributed by atoms with Gasteiger partial charge in [0.05, 0.1) is 10.6 Å². The molecule has 1 amide bonds. The summed E-state index contributed by atoms with van der Waals surface area (Å²) in [5, 5.41) is 4.44. The third-order valence-electron chi connectivity index (χ3n) is 3.96. The Morgan fingerprint density at radius 2 is 2.12 bits per heavy atom. The highest BCUT2D eigenvalue weighted by Gasteiger charge is 2.31. The standard InChI is InChI=1S/C17H16Cl2N4OS/c1-17(6-7-25-16(20)23-17)12-8-11(3-4-13(12)19)22-15(24)14-5-2-10(18)9-21-14/h2-5,8-9H,6-7H2,1H3,(H2,20,23)(H,22,24). The summed E-state index contributed by atoms with van der Waals surface area (Å²) in [7, 11) is 0. The third-order valence-corrected chi connectivity index (χ3v) is 5.31. The summed E-state index contributed by atoms with van der Waals surface area (Å²) in [6.45, 7) is 1.99. The van der Waals surface area contributed by atoms with Gasteiger partial charge in [0.2, 0.25) is 0 Å². The molecule has 0 spiro atoms. The van der Waals surface area contributed by atoms with Crippen molar-refractivity contribution in [2.24, 2.45) is 10.7 Å². The fourth-order valence-electron chi connectivity index (χ4n) is 2.60. The fourth-order valence-corrected chi connectivity index (χ4v) is 4.01. The van der Waals surface area contributed by atoms with E-state index in [0.29, 0.717) is 20.9 Å². The van der Waals surface area contributed by atoms with Crippen molar-refractivity contribution in [3.05, 3.63) is 57.8 Å². The number of aromatic nitrogens is 1. The Morgan fingerprint density at radius 1 is 1.32 bits per heavy atom. The van der Waals surface area contributed by atoms with E-state index in [4.69, 9.17) is 28.9 Å². The number of hydrogen-bond acceptors (Lipinski definition) is 5. The van der Waals surface area contributed by atoms with Crippen molar-refractivity contribution in [3.8, 4) is 0 Å². The predicted octanol–water partition coefficient (Wildman–Crippen LogP) is 4.31. The lowest BCUT2D eigenvalue weighted by molar-refractivity contribution is 0.102. The van der Waals surface area contributed by atoms with Gasteiger partial charge in [-0.25, -0.2) is 4.98 Å². The number of aliphatic imine (C=N–C) groups is 1. The molecule has 5 nitrogen and oxygen atoms in total. The molecule has 2 heterocycles. The molecule has 3 N–H and O–H groups in total. The second-order valence-corrected chi connectivity index (χ2v) is 7.79. The number of thioether (sulfide) groups is 1. The van der Waals surface area contributed by atoms with Crippen molar-refractivity contribution in [2.45, 2.75) is 18.9 Å². The Morgan fingerprint density at radius 3 is 2.80 bits per heavy atom. The van der Waals surface area contributed by atoms with Gasteiger partial charge in [-0.3, -0.25) is 9.79 Å². The lowest BCUT2D eigenvalue weighted by Crippen LogP contribution is -2.29. The molecule has 1 aromatic carbocycles. The Labute approximate surface area is 160 Å². The Balaban J connectivity index is 1.88. The summed E-state index contributed by atoms with van der Waals surface area (Å²) in [5.41, 5.74) is 7.11. The Kier molecular flexibility index (Phi) is 5.22. The van der Waals surface area contributed by atoms with Gasteiger partial charge in [-0.05, 0) is 43.7 Å². The number of nitrogens with two attached hydrogens (primary N) is 1. The number of pyridine rings is 1. The fraction of sp³-hybridized carbons (Fsp3) is 0.235. The number of benzene rings is 1. The van der Waals surface area contributed by atoms with Crippen LogP contribution in [0.15, 0.2) is 41.5 Å². The molecule has 130 valence electrons. The van der Waals surface area contributed by atoms with Crippen LogP contribution in [0, 0.1) is 0 Å². The molecule has 0 fully saturated rings. The minimum atomic E-state index is -0.508. The van der Waals surface area contributed by atoms with Crippen molar-refractivity contribution in [3.63, 3.8) is 0 Å². The smallest absolute Gasteiger partial charge is 0.274 e. The first-order valence-electron chi connectivity index (χ1n) is 7.58. The van der Waals surface area contributed by atoms with Crippen LogP contribution in [0.4, 0.5) is 5.69 Å². The maximum absolute atomic E-state index is 12.3. The summed E-state index contributed by atoms with van der Waals surface area (Å²) < 4.78 is 0. The van der Waals surface area contributed by atoms with E-state index < -0.39 is 5.54 Å².